The zero-order chi connectivity index (χ0) is 27.7. The second-order valence-corrected chi connectivity index (χ2v) is 11.1. The minimum absolute atomic E-state index is 0.0284. The zero-order valence-electron chi connectivity index (χ0n) is 22.0. The number of anilines is 1. The molecule has 2 aromatic rings. The number of methoxy groups -OCH3 is 1. The van der Waals surface area contributed by atoms with Crippen LogP contribution in [0.1, 0.15) is 45.2 Å². The van der Waals surface area contributed by atoms with E-state index in [4.69, 9.17) is 21.1 Å². The van der Waals surface area contributed by atoms with Crippen LogP contribution in [0.15, 0.2) is 48.5 Å². The number of halogens is 2. The molecule has 2 aromatic carbocycles. The lowest BCUT2D eigenvalue weighted by molar-refractivity contribution is -0.146. The highest BCUT2D eigenvalue weighted by atomic mass is 35.5. The summed E-state index contributed by atoms with van der Waals surface area (Å²) in [5.41, 5.74) is 0.138. The van der Waals surface area contributed by atoms with E-state index in [2.05, 4.69) is 5.32 Å². The highest BCUT2D eigenvalue weighted by Crippen LogP contribution is 2.57. The molecule has 1 N–H and O–H groups in total. The van der Waals surface area contributed by atoms with Gasteiger partial charge in [0.05, 0.1) is 30.8 Å². The number of piperidine rings is 1. The van der Waals surface area contributed by atoms with Crippen LogP contribution in [-0.4, -0.2) is 61.3 Å². The van der Waals surface area contributed by atoms with Crippen LogP contribution >= 0.6 is 11.6 Å². The van der Waals surface area contributed by atoms with Crippen LogP contribution in [0.25, 0.3) is 0 Å². The van der Waals surface area contributed by atoms with E-state index in [-0.39, 0.29) is 18.6 Å². The first-order valence-electron chi connectivity index (χ1n) is 12.6. The molecule has 1 spiro atoms. The van der Waals surface area contributed by atoms with Crippen molar-refractivity contribution in [3.8, 4) is 0 Å². The number of ether oxygens (including phenoxy) is 2. The van der Waals surface area contributed by atoms with E-state index in [1.165, 1.54) is 19.2 Å². The molecule has 4 rings (SSSR count). The Kier molecular flexibility index (Phi) is 7.99. The van der Waals surface area contributed by atoms with Gasteiger partial charge in [-0.25, -0.2) is 14.0 Å². The van der Waals surface area contributed by atoms with E-state index < -0.39 is 34.9 Å². The molecule has 3 amide bonds. The second-order valence-electron chi connectivity index (χ2n) is 10.7. The topological polar surface area (TPSA) is 88.2 Å². The van der Waals surface area contributed by atoms with Gasteiger partial charge < -0.3 is 24.6 Å². The Morgan fingerprint density at radius 2 is 1.82 bits per heavy atom. The van der Waals surface area contributed by atoms with Crippen molar-refractivity contribution in [2.75, 3.05) is 31.7 Å². The number of hydrogen-bond acceptors (Lipinski definition) is 5. The number of carbonyl (C=O) groups excluding carboxylic acids is 3. The van der Waals surface area contributed by atoms with E-state index in [0.29, 0.717) is 36.6 Å². The van der Waals surface area contributed by atoms with E-state index in [1.54, 1.807) is 34.1 Å². The average Bonchev–Trinajstić information content (AvgIpc) is 2.89. The molecular weight excluding hydrogens is 513 g/mol. The van der Waals surface area contributed by atoms with Gasteiger partial charge in [0.15, 0.2) is 6.04 Å². The maximum Gasteiger partial charge on any atom is 0.330 e. The van der Waals surface area contributed by atoms with Gasteiger partial charge in [-0.3, -0.25) is 4.79 Å². The highest BCUT2D eigenvalue weighted by Gasteiger charge is 2.62. The molecule has 0 aliphatic carbocycles. The molecule has 0 saturated carbocycles. The lowest BCUT2D eigenvalue weighted by atomic mass is 9.62. The lowest BCUT2D eigenvalue weighted by Crippen LogP contribution is -2.67. The third-order valence-corrected chi connectivity index (χ3v) is 7.36. The summed E-state index contributed by atoms with van der Waals surface area (Å²) >= 11 is 6.11. The van der Waals surface area contributed by atoms with Crippen LogP contribution in [0, 0.1) is 11.2 Å². The number of rotatable bonds is 6. The Morgan fingerprint density at radius 3 is 2.39 bits per heavy atom. The maximum absolute atomic E-state index is 14.0. The van der Waals surface area contributed by atoms with E-state index in [9.17, 15) is 18.8 Å². The number of carbonyl (C=O) groups is 3. The van der Waals surface area contributed by atoms with Crippen LogP contribution in [0.2, 0.25) is 5.02 Å². The minimum atomic E-state index is -0.960. The standard InChI is InChI=1S/C28H33ClFN3O5/c1-27(2,3)38-17-22(24(34)37-4)31-26(36)32-14-12-28(13-15-32)23(18-8-10-19(29)11-9-18)33(25(28)35)21-7-5-6-20(30)16-21/h5-11,16,22-23H,12-15,17H2,1-4H3,(H,31,36)/t22-,23?/m0/s1. The van der Waals surface area contributed by atoms with Crippen LogP contribution in [0.4, 0.5) is 14.9 Å². The fourth-order valence-electron chi connectivity index (χ4n) is 5.14. The molecule has 204 valence electrons. The Balaban J connectivity index is 1.50. The highest BCUT2D eigenvalue weighted by molar-refractivity contribution is 6.30. The molecule has 1 unspecified atom stereocenters. The molecule has 10 heteroatoms. The summed E-state index contributed by atoms with van der Waals surface area (Å²) in [7, 11) is 1.26. The molecule has 2 atom stereocenters. The molecule has 38 heavy (non-hydrogen) atoms. The number of nitrogens with zero attached hydrogens (tertiary/aromatic N) is 2. The Morgan fingerprint density at radius 1 is 1.16 bits per heavy atom. The first-order valence-corrected chi connectivity index (χ1v) is 12.9. The van der Waals surface area contributed by atoms with Gasteiger partial charge in [0.1, 0.15) is 5.82 Å². The predicted octanol–water partition coefficient (Wildman–Crippen LogP) is 4.72. The van der Waals surface area contributed by atoms with Gasteiger partial charge >= 0.3 is 12.0 Å². The summed E-state index contributed by atoms with van der Waals surface area (Å²) < 4.78 is 24.6. The number of amides is 3. The van der Waals surface area contributed by atoms with Crippen molar-refractivity contribution in [2.45, 2.75) is 51.3 Å². The average molecular weight is 546 g/mol. The van der Waals surface area contributed by atoms with Gasteiger partial charge in [0, 0.05) is 23.8 Å². The van der Waals surface area contributed by atoms with Gasteiger partial charge in [0.25, 0.3) is 0 Å². The molecule has 2 fully saturated rings. The van der Waals surface area contributed by atoms with Gasteiger partial charge in [-0.2, -0.15) is 0 Å². The molecular formula is C28H33ClFN3O5. The number of nitrogens with one attached hydrogen (secondary N) is 1. The van der Waals surface area contributed by atoms with Gasteiger partial charge in [-0.15, -0.1) is 0 Å². The third kappa shape index (κ3) is 5.63. The maximum atomic E-state index is 14.0. The van der Waals surface area contributed by atoms with E-state index in [0.717, 1.165) is 5.56 Å². The summed E-state index contributed by atoms with van der Waals surface area (Å²) in [6, 6.07) is 11.6. The molecule has 8 nitrogen and oxygen atoms in total. The number of benzene rings is 2. The summed E-state index contributed by atoms with van der Waals surface area (Å²) in [5, 5.41) is 3.29. The smallest absolute Gasteiger partial charge is 0.330 e. The fourth-order valence-corrected chi connectivity index (χ4v) is 5.27. The van der Waals surface area contributed by atoms with Gasteiger partial charge in [0.2, 0.25) is 5.91 Å². The summed E-state index contributed by atoms with van der Waals surface area (Å²) in [4.78, 5) is 42.2. The third-order valence-electron chi connectivity index (χ3n) is 7.11. The minimum Gasteiger partial charge on any atom is -0.467 e. The molecule has 0 radical (unpaired) electrons. The zero-order valence-corrected chi connectivity index (χ0v) is 22.8. The van der Waals surface area contributed by atoms with E-state index in [1.807, 2.05) is 32.9 Å². The molecule has 0 aromatic heterocycles. The predicted molar refractivity (Wildman–Crippen MR) is 141 cm³/mol. The molecule has 2 aliphatic rings. The van der Waals surface area contributed by atoms with Crippen molar-refractivity contribution >= 4 is 35.2 Å². The summed E-state index contributed by atoms with van der Waals surface area (Å²) in [6.45, 7) is 6.16. The number of β-lactam (4-membered cyclic amide) rings is 1. The molecule has 2 aliphatic heterocycles. The Bertz CT molecular complexity index is 1190. The van der Waals surface area contributed by atoms with Gasteiger partial charge in [-0.1, -0.05) is 29.8 Å². The Labute approximate surface area is 227 Å². The van der Waals surface area contributed by atoms with Crippen molar-refractivity contribution in [2.24, 2.45) is 5.41 Å². The SMILES string of the molecule is COC(=O)[C@H](COC(C)(C)C)NC(=O)N1CCC2(CC1)C(=O)N(c1cccc(F)c1)C2c1ccc(Cl)cc1. The van der Waals surface area contributed by atoms with Crippen molar-refractivity contribution in [3.63, 3.8) is 0 Å². The largest absolute Gasteiger partial charge is 0.467 e. The van der Waals surface area contributed by atoms with Gasteiger partial charge in [-0.05, 0) is 69.5 Å². The summed E-state index contributed by atoms with van der Waals surface area (Å²) in [6.07, 6.45) is 0.833. The first-order chi connectivity index (χ1) is 17.9. The lowest BCUT2D eigenvalue weighted by Gasteiger charge is -2.59. The van der Waals surface area contributed by atoms with Crippen molar-refractivity contribution < 1.29 is 28.2 Å². The van der Waals surface area contributed by atoms with Crippen LogP contribution in [0.5, 0.6) is 0 Å². The quantitative estimate of drug-likeness (QED) is 0.419. The first kappa shape index (κ1) is 27.9. The molecule has 2 heterocycles. The van der Waals surface area contributed by atoms with Crippen LogP contribution < -0.4 is 10.2 Å². The number of likely N-dealkylation sites (tertiary alicyclic amines) is 1. The van der Waals surface area contributed by atoms with Crippen molar-refractivity contribution in [1.29, 1.82) is 0 Å². The number of urea groups is 1. The Hall–Kier alpha value is -3.17. The van der Waals surface area contributed by atoms with Crippen molar-refractivity contribution in [1.82, 2.24) is 10.2 Å². The molecule has 0 bridgehead atoms. The van der Waals surface area contributed by atoms with Crippen molar-refractivity contribution in [3.05, 3.63) is 64.9 Å². The number of hydrogen-bond donors (Lipinski definition) is 1. The van der Waals surface area contributed by atoms with E-state index >= 15 is 0 Å². The normalized spacial score (nSPS) is 19.6. The second kappa shape index (κ2) is 10.9. The summed E-state index contributed by atoms with van der Waals surface area (Å²) in [5.74, 6) is -1.12. The monoisotopic (exact) mass is 545 g/mol. The van der Waals surface area contributed by atoms with Crippen LogP contribution in [0.3, 0.4) is 0 Å². The van der Waals surface area contributed by atoms with Crippen LogP contribution in [-0.2, 0) is 19.1 Å². The fraction of sp³-hybridized carbons (Fsp3) is 0.464. The number of esters is 1. The molecule has 2 saturated heterocycles.